The summed E-state index contributed by atoms with van der Waals surface area (Å²) < 4.78 is 24.2. The van der Waals surface area contributed by atoms with Crippen molar-refractivity contribution in [1.82, 2.24) is 0 Å². The van der Waals surface area contributed by atoms with Crippen LogP contribution in [0.4, 0.5) is 8.78 Å². The molecule has 0 aliphatic carbocycles. The first-order chi connectivity index (χ1) is 4.20. The van der Waals surface area contributed by atoms with Gasteiger partial charge in [-0.05, 0) is 12.1 Å². The van der Waals surface area contributed by atoms with Crippen LogP contribution >= 0.6 is 0 Å². The summed E-state index contributed by atoms with van der Waals surface area (Å²) in [5.74, 6) is -1.74. The molecule has 0 aliphatic rings. The average Bonchev–Trinajstić information content (AvgIpc) is 1.80. The summed E-state index contributed by atoms with van der Waals surface area (Å²) in [6.45, 7) is 0. The zero-order valence-electron chi connectivity index (χ0n) is 4.40. The Balaban J connectivity index is 3.17. The number of hydrogen-bond donors (Lipinski definition) is 0. The van der Waals surface area contributed by atoms with Gasteiger partial charge >= 0.3 is 0 Å². The molecule has 9 heavy (non-hydrogen) atoms. The van der Waals surface area contributed by atoms with Crippen LogP contribution in [0.1, 0.15) is 0 Å². The third-order valence-electron chi connectivity index (χ3n) is 0.891. The molecule has 0 unspecified atom stereocenters. The van der Waals surface area contributed by atoms with E-state index < -0.39 is 11.6 Å². The van der Waals surface area contributed by atoms with Crippen molar-refractivity contribution in [3.8, 4) is 0 Å². The molecule has 0 atom stereocenters. The second-order valence-corrected chi connectivity index (χ2v) is 2.05. The van der Waals surface area contributed by atoms with E-state index >= 15 is 0 Å². The van der Waals surface area contributed by atoms with E-state index in [9.17, 15) is 8.78 Å². The first-order valence-electron chi connectivity index (χ1n) is 2.32. The maximum atomic E-state index is 12.1. The quantitative estimate of drug-likeness (QED) is 0.502. The van der Waals surface area contributed by atoms with Gasteiger partial charge in [-0.3, -0.25) is 0 Å². The Hall–Kier alpha value is -0.700. The van der Waals surface area contributed by atoms with E-state index in [0.717, 1.165) is 12.1 Å². The highest BCUT2D eigenvalue weighted by Gasteiger charge is 1.94. The van der Waals surface area contributed by atoms with Crippen molar-refractivity contribution in [3.05, 3.63) is 29.8 Å². The van der Waals surface area contributed by atoms with Gasteiger partial charge in [-0.2, -0.15) is 4.90 Å². The van der Waals surface area contributed by atoms with Gasteiger partial charge < -0.3 is 12.6 Å². The van der Waals surface area contributed by atoms with Crippen LogP contribution in [0.15, 0.2) is 23.1 Å². The average molecular weight is 145 g/mol. The van der Waals surface area contributed by atoms with E-state index in [2.05, 4.69) is 12.6 Å². The molecule has 0 nitrogen and oxygen atoms in total. The van der Waals surface area contributed by atoms with Gasteiger partial charge in [0.25, 0.3) is 0 Å². The van der Waals surface area contributed by atoms with Crippen LogP contribution in [0, 0.1) is 11.6 Å². The van der Waals surface area contributed by atoms with E-state index in [0.29, 0.717) is 4.90 Å². The highest BCUT2D eigenvalue weighted by atomic mass is 32.1. The molecule has 0 bridgehead atoms. The number of halogens is 2. The Morgan fingerprint density at radius 2 is 1.78 bits per heavy atom. The van der Waals surface area contributed by atoms with Gasteiger partial charge in [0.2, 0.25) is 0 Å². The number of hydrogen-bond acceptors (Lipinski definition) is 1. The first-order valence-corrected chi connectivity index (χ1v) is 2.73. The summed E-state index contributed by atoms with van der Waals surface area (Å²) in [5.41, 5.74) is 0. The van der Waals surface area contributed by atoms with E-state index in [1.165, 1.54) is 6.07 Å². The van der Waals surface area contributed by atoms with E-state index in [1.54, 1.807) is 0 Å². The highest BCUT2D eigenvalue weighted by molar-refractivity contribution is 7.58. The normalized spacial score (nSPS) is 9.56. The molecule has 3 heteroatoms. The van der Waals surface area contributed by atoms with Gasteiger partial charge in [0, 0.05) is 0 Å². The summed E-state index contributed by atoms with van der Waals surface area (Å²) in [4.78, 5) is 0.314. The fourth-order valence-corrected chi connectivity index (χ4v) is 0.648. The largest absolute Gasteiger partial charge is 0.780 e. The number of benzene rings is 1. The van der Waals surface area contributed by atoms with Gasteiger partial charge in [-0.25, -0.2) is 8.78 Å². The van der Waals surface area contributed by atoms with Gasteiger partial charge in [0.15, 0.2) is 11.6 Å². The van der Waals surface area contributed by atoms with E-state index in [1.807, 2.05) is 0 Å². The predicted octanol–water partition coefficient (Wildman–Crippen LogP) is 1.87. The molecule has 0 amide bonds. The lowest BCUT2D eigenvalue weighted by atomic mass is 10.3. The van der Waals surface area contributed by atoms with Crippen LogP contribution in [0.3, 0.4) is 0 Å². The minimum absolute atomic E-state index is 0.314. The van der Waals surface area contributed by atoms with Crippen LogP contribution < -0.4 is 0 Å². The van der Waals surface area contributed by atoms with Crippen LogP contribution in [0.25, 0.3) is 0 Å². The molecule has 0 fully saturated rings. The van der Waals surface area contributed by atoms with Gasteiger partial charge in [0.1, 0.15) is 0 Å². The molecule has 1 aromatic rings. The summed E-state index contributed by atoms with van der Waals surface area (Å²) in [5, 5.41) is 0. The summed E-state index contributed by atoms with van der Waals surface area (Å²) in [6.07, 6.45) is 0. The van der Waals surface area contributed by atoms with Crippen LogP contribution in [-0.4, -0.2) is 0 Å². The monoisotopic (exact) mass is 145 g/mol. The Bertz CT molecular complexity index is 222. The molecular formula is C6H3F2S-. The Labute approximate surface area is 56.9 Å². The lowest BCUT2D eigenvalue weighted by Crippen LogP contribution is -1.82. The third kappa shape index (κ3) is 1.36. The molecule has 0 spiro atoms. The Morgan fingerprint density at radius 1 is 1.11 bits per heavy atom. The van der Waals surface area contributed by atoms with Gasteiger partial charge in [0.05, 0.1) is 0 Å². The van der Waals surface area contributed by atoms with Gasteiger partial charge in [-0.15, -0.1) is 0 Å². The highest BCUT2D eigenvalue weighted by Crippen LogP contribution is 2.06. The molecule has 0 aromatic heterocycles. The standard InChI is InChI=1S/C6H4F2S/c7-5-2-1-4(9)3-6(5)8/h1-3,9H/p-1. The fourth-order valence-electron chi connectivity index (χ4n) is 0.477. The zero-order valence-corrected chi connectivity index (χ0v) is 5.21. The third-order valence-corrected chi connectivity index (χ3v) is 1.14. The minimum atomic E-state index is -0.887. The molecule has 0 radical (unpaired) electrons. The summed E-state index contributed by atoms with van der Waals surface area (Å²) in [6, 6.07) is 3.33. The van der Waals surface area contributed by atoms with E-state index in [-0.39, 0.29) is 0 Å². The summed E-state index contributed by atoms with van der Waals surface area (Å²) in [7, 11) is 0. The zero-order chi connectivity index (χ0) is 6.85. The van der Waals surface area contributed by atoms with Crippen molar-refractivity contribution < 1.29 is 8.78 Å². The second kappa shape index (κ2) is 2.27. The smallest absolute Gasteiger partial charge is 0.158 e. The van der Waals surface area contributed by atoms with Crippen LogP contribution in [0.5, 0.6) is 0 Å². The van der Waals surface area contributed by atoms with Crippen molar-refractivity contribution in [2.45, 2.75) is 4.90 Å². The van der Waals surface area contributed by atoms with Crippen molar-refractivity contribution in [2.24, 2.45) is 0 Å². The summed E-state index contributed by atoms with van der Waals surface area (Å²) >= 11 is 4.55. The molecule has 0 saturated heterocycles. The molecule has 0 N–H and O–H groups in total. The lowest BCUT2D eigenvalue weighted by molar-refractivity contribution is 0.506. The van der Waals surface area contributed by atoms with Crippen LogP contribution in [0.2, 0.25) is 0 Å². The van der Waals surface area contributed by atoms with Crippen molar-refractivity contribution >= 4 is 12.6 Å². The van der Waals surface area contributed by atoms with Gasteiger partial charge in [-0.1, -0.05) is 6.07 Å². The second-order valence-electron chi connectivity index (χ2n) is 1.58. The van der Waals surface area contributed by atoms with Crippen molar-refractivity contribution in [1.29, 1.82) is 0 Å². The van der Waals surface area contributed by atoms with Crippen molar-refractivity contribution in [3.63, 3.8) is 0 Å². The molecule has 48 valence electrons. The topological polar surface area (TPSA) is 0 Å². The molecule has 0 saturated carbocycles. The molecule has 0 aliphatic heterocycles. The number of rotatable bonds is 0. The SMILES string of the molecule is Fc1ccc([S-])cc1F. The molecular weight excluding hydrogens is 142 g/mol. The maximum Gasteiger partial charge on any atom is 0.158 e. The Morgan fingerprint density at radius 3 is 2.22 bits per heavy atom. The fraction of sp³-hybridized carbons (Fsp3) is 0. The minimum Gasteiger partial charge on any atom is -0.780 e. The molecule has 1 rings (SSSR count). The van der Waals surface area contributed by atoms with E-state index in [4.69, 9.17) is 0 Å². The van der Waals surface area contributed by atoms with Crippen LogP contribution in [-0.2, 0) is 12.6 Å². The Kier molecular flexibility index (Phi) is 1.62. The molecule has 1 aromatic carbocycles. The maximum absolute atomic E-state index is 12.1. The predicted molar refractivity (Wildman–Crippen MR) is 32.0 cm³/mol. The lowest BCUT2D eigenvalue weighted by Gasteiger charge is -2.02. The van der Waals surface area contributed by atoms with Crippen molar-refractivity contribution in [2.75, 3.05) is 0 Å². The molecule has 0 heterocycles. The first kappa shape index (κ1) is 6.42.